The maximum absolute atomic E-state index is 13.7. The van der Waals surface area contributed by atoms with Gasteiger partial charge in [0.15, 0.2) is 6.10 Å². The van der Waals surface area contributed by atoms with Gasteiger partial charge < -0.3 is 32.8 Å². The number of carbonyl (C=O) groups excluding carboxylic acids is 3. The third-order valence-corrected chi connectivity index (χ3v) is 8.23. The first kappa shape index (κ1) is 33.4. The normalized spacial score (nSPS) is 21.1. The molecular formula is C35H37NO11. The molecule has 1 aliphatic heterocycles. The Bertz CT molecular complexity index is 1980. The lowest BCUT2D eigenvalue weighted by Gasteiger charge is -2.47. The molecule has 0 amide bonds. The molecule has 5 atom stereocenters. The van der Waals surface area contributed by atoms with Gasteiger partial charge in [0.05, 0.1) is 37.1 Å². The summed E-state index contributed by atoms with van der Waals surface area (Å²) in [5.74, 6) is -0.864. The molecule has 0 radical (unpaired) electrons. The van der Waals surface area contributed by atoms with Crippen LogP contribution in [0.5, 0.6) is 17.2 Å². The third kappa shape index (κ3) is 6.01. The summed E-state index contributed by atoms with van der Waals surface area (Å²) >= 11 is 0. The quantitative estimate of drug-likeness (QED) is 0.111. The van der Waals surface area contributed by atoms with Crippen molar-refractivity contribution in [3.63, 3.8) is 0 Å². The first-order valence-electron chi connectivity index (χ1n) is 14.9. The lowest BCUT2D eigenvalue weighted by Crippen LogP contribution is -2.61. The predicted molar refractivity (Wildman–Crippen MR) is 174 cm³/mol. The van der Waals surface area contributed by atoms with E-state index in [0.717, 1.165) is 0 Å². The number of fused-ring (bicyclic) bond motifs is 5. The van der Waals surface area contributed by atoms with Crippen LogP contribution in [0.1, 0.15) is 44.9 Å². The van der Waals surface area contributed by atoms with Gasteiger partial charge in [0, 0.05) is 36.9 Å². The van der Waals surface area contributed by atoms with E-state index in [0.29, 0.717) is 44.2 Å². The minimum atomic E-state index is -1.01. The van der Waals surface area contributed by atoms with Gasteiger partial charge in [-0.15, -0.1) is 0 Å². The number of likely N-dealkylation sites (N-methyl/N-ethyl adjacent to an activating group) is 1. The number of ether oxygens (including phenoxy) is 6. The number of nitrogens with zero attached hydrogens (tertiary/aromatic N) is 1. The molecule has 1 fully saturated rings. The van der Waals surface area contributed by atoms with Crippen molar-refractivity contribution in [3.05, 3.63) is 58.5 Å². The molecule has 1 aliphatic rings. The molecule has 4 aromatic rings. The Morgan fingerprint density at radius 1 is 0.830 bits per heavy atom. The molecule has 2 heterocycles. The minimum absolute atomic E-state index is 0.133. The predicted octanol–water partition coefficient (Wildman–Crippen LogP) is 4.94. The molecule has 5 unspecified atom stereocenters. The summed E-state index contributed by atoms with van der Waals surface area (Å²) in [7, 11) is 6.52. The second kappa shape index (κ2) is 13.0. The number of hydrogen-bond donors (Lipinski definition) is 0. The number of rotatable bonds is 8. The topological polar surface area (TPSA) is 140 Å². The average molecular weight is 648 g/mol. The molecule has 47 heavy (non-hydrogen) atoms. The van der Waals surface area contributed by atoms with Gasteiger partial charge in [-0.25, -0.2) is 4.79 Å². The molecule has 0 saturated carbocycles. The number of carbonyl (C=O) groups is 3. The fourth-order valence-electron chi connectivity index (χ4n) is 6.47. The number of hydrogen-bond acceptors (Lipinski definition) is 12. The van der Waals surface area contributed by atoms with Crippen LogP contribution in [0, 0.1) is 0 Å². The standard InChI is InChI=1S/C35H37NO11/c1-10-20-13-23-27(25(14-20)41-8)22-15-26(42-9)29-24(44-17(3)37)12-11-21(28(29)32(22)47-35(23)40)33-34(46-19(5)39)30(36(6)7)31(16(2)43-33)45-18(4)38/h10-16,30-31,33-34H,1H2,2-9H3. The second-order valence-electron chi connectivity index (χ2n) is 11.6. The fourth-order valence-corrected chi connectivity index (χ4v) is 6.47. The van der Waals surface area contributed by atoms with Gasteiger partial charge >= 0.3 is 23.5 Å². The fraction of sp³-hybridized carbons (Fsp3) is 0.371. The molecule has 1 saturated heterocycles. The Hall–Kier alpha value is -4.94. The van der Waals surface area contributed by atoms with E-state index < -0.39 is 54.0 Å². The smallest absolute Gasteiger partial charge is 0.344 e. The van der Waals surface area contributed by atoms with Gasteiger partial charge in [-0.1, -0.05) is 18.7 Å². The van der Waals surface area contributed by atoms with Crippen LogP contribution in [0.25, 0.3) is 38.6 Å². The van der Waals surface area contributed by atoms with Crippen molar-refractivity contribution in [1.82, 2.24) is 4.90 Å². The SMILES string of the molecule is C=Cc1cc(OC)c2c(c1)c(=O)oc1c2cc(OC)c2c(OC(C)=O)ccc(C3OC(C)C(OC(C)=O)C(N(C)C)C3OC(C)=O)c21. The molecular weight excluding hydrogens is 610 g/mol. The van der Waals surface area contributed by atoms with Crippen LogP contribution in [0.4, 0.5) is 0 Å². The van der Waals surface area contributed by atoms with Gasteiger partial charge in [-0.05, 0) is 56.4 Å². The number of methoxy groups -OCH3 is 2. The van der Waals surface area contributed by atoms with Crippen molar-refractivity contribution in [1.29, 1.82) is 0 Å². The van der Waals surface area contributed by atoms with E-state index in [1.165, 1.54) is 35.0 Å². The molecule has 248 valence electrons. The Morgan fingerprint density at radius 3 is 2.04 bits per heavy atom. The maximum Gasteiger partial charge on any atom is 0.344 e. The molecule has 12 nitrogen and oxygen atoms in total. The maximum atomic E-state index is 13.7. The van der Waals surface area contributed by atoms with E-state index >= 15 is 0 Å². The summed E-state index contributed by atoms with van der Waals surface area (Å²) in [4.78, 5) is 52.5. The highest BCUT2D eigenvalue weighted by molar-refractivity contribution is 6.20. The minimum Gasteiger partial charge on any atom is -0.496 e. The number of benzene rings is 3. The largest absolute Gasteiger partial charge is 0.496 e. The highest BCUT2D eigenvalue weighted by atomic mass is 16.6. The van der Waals surface area contributed by atoms with Crippen LogP contribution >= 0.6 is 0 Å². The first-order valence-corrected chi connectivity index (χ1v) is 14.9. The Balaban J connectivity index is 1.95. The van der Waals surface area contributed by atoms with Crippen LogP contribution in [0.2, 0.25) is 0 Å². The Kier molecular flexibility index (Phi) is 9.28. The van der Waals surface area contributed by atoms with Gasteiger partial charge in [0.1, 0.15) is 35.0 Å². The zero-order valence-corrected chi connectivity index (χ0v) is 27.5. The van der Waals surface area contributed by atoms with Crippen LogP contribution in [-0.4, -0.2) is 75.5 Å². The summed E-state index contributed by atoms with van der Waals surface area (Å²) in [6.07, 6.45) is -1.87. The highest BCUT2D eigenvalue weighted by Gasteiger charge is 2.50. The zero-order chi connectivity index (χ0) is 34.3. The molecule has 3 aromatic carbocycles. The molecule has 0 spiro atoms. The summed E-state index contributed by atoms with van der Waals surface area (Å²) in [6.45, 7) is 9.41. The summed E-state index contributed by atoms with van der Waals surface area (Å²) in [5.41, 5.74) is 0.571. The Morgan fingerprint density at radius 2 is 1.47 bits per heavy atom. The molecule has 12 heteroatoms. The molecule has 1 aromatic heterocycles. The third-order valence-electron chi connectivity index (χ3n) is 8.23. The van der Waals surface area contributed by atoms with E-state index in [9.17, 15) is 19.2 Å². The molecule has 5 rings (SSSR count). The summed E-state index contributed by atoms with van der Waals surface area (Å²) < 4.78 is 41.5. The van der Waals surface area contributed by atoms with Gasteiger partial charge in [0.25, 0.3) is 0 Å². The van der Waals surface area contributed by atoms with Gasteiger partial charge in [-0.2, -0.15) is 0 Å². The van der Waals surface area contributed by atoms with Crippen molar-refractivity contribution in [2.75, 3.05) is 28.3 Å². The van der Waals surface area contributed by atoms with Crippen molar-refractivity contribution >= 4 is 56.5 Å². The van der Waals surface area contributed by atoms with Crippen molar-refractivity contribution < 1.29 is 47.2 Å². The monoisotopic (exact) mass is 647 g/mol. The molecule has 0 bridgehead atoms. The zero-order valence-electron chi connectivity index (χ0n) is 27.5. The highest BCUT2D eigenvalue weighted by Crippen LogP contribution is 2.48. The van der Waals surface area contributed by atoms with E-state index in [1.54, 1.807) is 62.3 Å². The van der Waals surface area contributed by atoms with E-state index in [2.05, 4.69) is 6.58 Å². The summed E-state index contributed by atoms with van der Waals surface area (Å²) in [5, 5.41) is 1.82. The molecule has 0 N–H and O–H groups in total. The van der Waals surface area contributed by atoms with Crippen LogP contribution < -0.4 is 19.8 Å². The average Bonchev–Trinajstić information content (AvgIpc) is 3.01. The van der Waals surface area contributed by atoms with Crippen LogP contribution in [0.3, 0.4) is 0 Å². The van der Waals surface area contributed by atoms with Gasteiger partial charge in [-0.3, -0.25) is 19.3 Å². The second-order valence-corrected chi connectivity index (χ2v) is 11.6. The van der Waals surface area contributed by atoms with Crippen molar-refractivity contribution in [2.45, 2.75) is 58.2 Å². The van der Waals surface area contributed by atoms with Crippen molar-refractivity contribution in [2.24, 2.45) is 0 Å². The van der Waals surface area contributed by atoms with E-state index in [-0.39, 0.29) is 16.7 Å². The van der Waals surface area contributed by atoms with Crippen LogP contribution in [0.15, 0.2) is 46.1 Å². The van der Waals surface area contributed by atoms with Crippen LogP contribution in [-0.2, 0) is 28.6 Å². The van der Waals surface area contributed by atoms with Gasteiger partial charge in [0.2, 0.25) is 0 Å². The van der Waals surface area contributed by atoms with E-state index in [4.69, 9.17) is 32.8 Å². The lowest BCUT2D eigenvalue weighted by molar-refractivity contribution is -0.222. The Labute approximate surface area is 270 Å². The summed E-state index contributed by atoms with van der Waals surface area (Å²) in [6, 6.07) is 7.67. The lowest BCUT2D eigenvalue weighted by atomic mass is 9.85. The van der Waals surface area contributed by atoms with Crippen molar-refractivity contribution in [3.8, 4) is 17.2 Å². The van der Waals surface area contributed by atoms with E-state index in [1.807, 2.05) is 0 Å². The molecule has 0 aliphatic carbocycles. The number of esters is 3. The first-order chi connectivity index (χ1) is 22.3.